The van der Waals surface area contributed by atoms with Crippen molar-refractivity contribution < 1.29 is 4.79 Å². The smallest absolute Gasteiger partial charge is 0.223 e. The maximum atomic E-state index is 12.3. The molecule has 1 aromatic rings. The molecule has 0 atom stereocenters. The second kappa shape index (κ2) is 6.32. The zero-order chi connectivity index (χ0) is 14.6. The van der Waals surface area contributed by atoms with Gasteiger partial charge in [-0.15, -0.1) is 0 Å². The lowest BCUT2D eigenvalue weighted by Gasteiger charge is -2.28. The molecule has 1 aliphatic heterocycles. The molecule has 1 fully saturated rings. The van der Waals surface area contributed by atoms with Crippen molar-refractivity contribution in [2.75, 3.05) is 13.6 Å². The average molecular weight is 277 g/mol. The lowest BCUT2D eigenvalue weighted by molar-refractivity contribution is -0.131. The van der Waals surface area contributed by atoms with E-state index in [0.29, 0.717) is 13.0 Å². The molecule has 0 spiro atoms. The van der Waals surface area contributed by atoms with Gasteiger partial charge in [-0.2, -0.15) is 11.1 Å². The quantitative estimate of drug-likeness (QED) is 0.621. The molecule has 6 heteroatoms. The Hall–Kier alpha value is -1.47. The van der Waals surface area contributed by atoms with Crippen LogP contribution in [0.15, 0.2) is 30.3 Å². The van der Waals surface area contributed by atoms with Gasteiger partial charge >= 0.3 is 0 Å². The highest BCUT2D eigenvalue weighted by molar-refractivity contribution is 5.77. The highest BCUT2D eigenvalue weighted by Gasteiger charge is 2.27. The number of carbonyl (C=O) groups excluding carboxylic acids is 1. The summed E-state index contributed by atoms with van der Waals surface area (Å²) in [6.07, 6.45) is 0.491. The summed E-state index contributed by atoms with van der Waals surface area (Å²) < 4.78 is 0. The zero-order valence-corrected chi connectivity index (χ0v) is 12.2. The summed E-state index contributed by atoms with van der Waals surface area (Å²) in [6.45, 7) is 4.79. The molecule has 1 amide bonds. The SMILES string of the molecule is CN(CC1NNNN1)C(=O)CC(C)(C)c1ccccc1. The Balaban J connectivity index is 1.92. The van der Waals surface area contributed by atoms with Crippen molar-refractivity contribution in [1.82, 2.24) is 26.8 Å². The number of hydrogen-bond acceptors (Lipinski definition) is 5. The molecular weight excluding hydrogens is 254 g/mol. The standard InChI is InChI=1S/C14H23N5O/c1-14(2,11-7-5-4-6-8-11)9-13(20)19(3)10-12-15-17-18-16-12/h4-8,12,15-18H,9-10H2,1-3H3. The van der Waals surface area contributed by atoms with Gasteiger partial charge in [0.25, 0.3) is 0 Å². The van der Waals surface area contributed by atoms with E-state index < -0.39 is 0 Å². The van der Waals surface area contributed by atoms with Crippen LogP contribution in [0.1, 0.15) is 25.8 Å². The summed E-state index contributed by atoms with van der Waals surface area (Å²) in [5, 5.41) is 0. The van der Waals surface area contributed by atoms with Gasteiger partial charge in [0.1, 0.15) is 6.17 Å². The Bertz CT molecular complexity index is 442. The lowest BCUT2D eigenvalue weighted by Crippen LogP contribution is -2.46. The maximum Gasteiger partial charge on any atom is 0.223 e. The number of rotatable bonds is 5. The van der Waals surface area contributed by atoms with Crippen molar-refractivity contribution in [1.29, 1.82) is 0 Å². The fraction of sp³-hybridized carbons (Fsp3) is 0.500. The number of hydrogen-bond donors (Lipinski definition) is 4. The van der Waals surface area contributed by atoms with Gasteiger partial charge in [-0.3, -0.25) is 4.79 Å². The monoisotopic (exact) mass is 277 g/mol. The molecule has 4 N–H and O–H groups in total. The molecular formula is C14H23N5O. The number of hydrazine groups is 3. The number of nitrogens with zero attached hydrogens (tertiary/aromatic N) is 1. The molecule has 2 rings (SSSR count). The van der Waals surface area contributed by atoms with E-state index in [-0.39, 0.29) is 17.5 Å². The van der Waals surface area contributed by atoms with Crippen LogP contribution < -0.4 is 21.9 Å². The van der Waals surface area contributed by atoms with E-state index in [9.17, 15) is 4.79 Å². The van der Waals surface area contributed by atoms with Crippen LogP contribution in [0.5, 0.6) is 0 Å². The van der Waals surface area contributed by atoms with Crippen molar-refractivity contribution in [2.45, 2.75) is 31.8 Å². The first-order chi connectivity index (χ1) is 9.49. The summed E-state index contributed by atoms with van der Waals surface area (Å²) in [5.41, 5.74) is 12.4. The van der Waals surface area contributed by atoms with E-state index in [1.165, 1.54) is 5.56 Å². The van der Waals surface area contributed by atoms with Crippen LogP contribution in [0.25, 0.3) is 0 Å². The van der Waals surface area contributed by atoms with Crippen LogP contribution in [-0.2, 0) is 10.2 Å². The second-order valence-electron chi connectivity index (χ2n) is 5.79. The maximum absolute atomic E-state index is 12.3. The van der Waals surface area contributed by atoms with E-state index in [4.69, 9.17) is 0 Å². The van der Waals surface area contributed by atoms with Crippen molar-refractivity contribution in [3.8, 4) is 0 Å². The first kappa shape index (κ1) is 14.9. The summed E-state index contributed by atoms with van der Waals surface area (Å²) in [4.78, 5) is 14.1. The first-order valence-corrected chi connectivity index (χ1v) is 6.79. The van der Waals surface area contributed by atoms with Gasteiger partial charge in [-0.05, 0) is 11.0 Å². The predicted octanol–water partition coefficient (Wildman–Crippen LogP) is 0.256. The third-order valence-corrected chi connectivity index (χ3v) is 3.59. The zero-order valence-electron chi connectivity index (χ0n) is 12.2. The topological polar surface area (TPSA) is 68.4 Å². The van der Waals surface area contributed by atoms with Crippen LogP contribution in [0, 0.1) is 0 Å². The Kier molecular flexibility index (Phi) is 4.72. The first-order valence-electron chi connectivity index (χ1n) is 6.79. The summed E-state index contributed by atoms with van der Waals surface area (Å²) in [6, 6.07) is 10.2. The Morgan fingerprint density at radius 3 is 2.40 bits per heavy atom. The molecule has 0 unspecified atom stereocenters. The normalized spacial score (nSPS) is 16.4. The minimum Gasteiger partial charge on any atom is -0.343 e. The van der Waals surface area contributed by atoms with Crippen molar-refractivity contribution in [3.63, 3.8) is 0 Å². The molecule has 0 bridgehead atoms. The second-order valence-corrected chi connectivity index (χ2v) is 5.79. The van der Waals surface area contributed by atoms with Crippen molar-refractivity contribution in [3.05, 3.63) is 35.9 Å². The van der Waals surface area contributed by atoms with E-state index in [0.717, 1.165) is 0 Å². The van der Waals surface area contributed by atoms with Gasteiger partial charge in [-0.1, -0.05) is 44.2 Å². The highest BCUT2D eigenvalue weighted by atomic mass is 16.2. The number of likely N-dealkylation sites (N-methyl/N-ethyl adjacent to an activating group) is 1. The van der Waals surface area contributed by atoms with Crippen LogP contribution >= 0.6 is 0 Å². The fourth-order valence-electron chi connectivity index (χ4n) is 2.25. The van der Waals surface area contributed by atoms with Gasteiger partial charge in [0.05, 0.1) is 6.54 Å². The molecule has 1 saturated heterocycles. The van der Waals surface area contributed by atoms with E-state index >= 15 is 0 Å². The molecule has 0 saturated carbocycles. The molecule has 0 aromatic heterocycles. The lowest BCUT2D eigenvalue weighted by atomic mass is 9.81. The molecule has 0 aliphatic carbocycles. The van der Waals surface area contributed by atoms with Crippen molar-refractivity contribution >= 4 is 5.91 Å². The highest BCUT2D eigenvalue weighted by Crippen LogP contribution is 2.27. The Morgan fingerprint density at radius 2 is 1.80 bits per heavy atom. The number of nitrogens with one attached hydrogen (secondary N) is 4. The molecule has 1 aliphatic rings. The Morgan fingerprint density at radius 1 is 1.20 bits per heavy atom. The van der Waals surface area contributed by atoms with E-state index in [1.54, 1.807) is 4.90 Å². The molecule has 110 valence electrons. The summed E-state index contributed by atoms with van der Waals surface area (Å²) in [5.74, 6) is 0.134. The van der Waals surface area contributed by atoms with Crippen LogP contribution in [0.3, 0.4) is 0 Å². The predicted molar refractivity (Wildman–Crippen MR) is 78.1 cm³/mol. The summed E-state index contributed by atoms with van der Waals surface area (Å²) in [7, 11) is 1.82. The van der Waals surface area contributed by atoms with Gasteiger partial charge in [0, 0.05) is 13.5 Å². The van der Waals surface area contributed by atoms with Gasteiger partial charge < -0.3 is 4.90 Å². The molecule has 1 heterocycles. The van der Waals surface area contributed by atoms with E-state index in [2.05, 4.69) is 47.9 Å². The van der Waals surface area contributed by atoms with E-state index in [1.807, 2.05) is 25.2 Å². The minimum absolute atomic E-state index is 0.00351. The van der Waals surface area contributed by atoms with Crippen molar-refractivity contribution in [2.24, 2.45) is 0 Å². The van der Waals surface area contributed by atoms with Gasteiger partial charge in [0.15, 0.2) is 0 Å². The fourth-order valence-corrected chi connectivity index (χ4v) is 2.25. The average Bonchev–Trinajstić information content (AvgIpc) is 2.92. The Labute approximate surface area is 119 Å². The van der Waals surface area contributed by atoms with Gasteiger partial charge in [-0.25, -0.2) is 10.9 Å². The third kappa shape index (κ3) is 3.77. The molecule has 0 radical (unpaired) electrons. The third-order valence-electron chi connectivity index (χ3n) is 3.59. The molecule has 6 nitrogen and oxygen atoms in total. The number of benzene rings is 1. The minimum atomic E-state index is -0.167. The summed E-state index contributed by atoms with van der Waals surface area (Å²) >= 11 is 0. The molecule has 20 heavy (non-hydrogen) atoms. The molecule has 1 aromatic carbocycles. The van der Waals surface area contributed by atoms with Gasteiger partial charge in [0.2, 0.25) is 5.91 Å². The van der Waals surface area contributed by atoms with Crippen LogP contribution in [0.2, 0.25) is 0 Å². The number of amides is 1. The van der Waals surface area contributed by atoms with Crippen LogP contribution in [0.4, 0.5) is 0 Å². The van der Waals surface area contributed by atoms with Crippen LogP contribution in [-0.4, -0.2) is 30.6 Å². The largest absolute Gasteiger partial charge is 0.343 e. The number of carbonyl (C=O) groups is 1.